The summed E-state index contributed by atoms with van der Waals surface area (Å²) in [6.45, 7) is 3.93. The van der Waals surface area contributed by atoms with Crippen molar-refractivity contribution in [3.63, 3.8) is 0 Å². The quantitative estimate of drug-likeness (QED) is 0.595. The molecule has 2 N–H and O–H groups in total. The monoisotopic (exact) mass is 412 g/mol. The van der Waals surface area contributed by atoms with Crippen LogP contribution in [0.2, 0.25) is 0 Å². The van der Waals surface area contributed by atoms with Gasteiger partial charge in [-0.3, -0.25) is 4.79 Å². The number of amides is 1. The summed E-state index contributed by atoms with van der Waals surface area (Å²) in [6.07, 6.45) is 2.48. The SMILES string of the molecule is CC(C)NS(=O)(=O)c1ccc(C(=O)NCCc2ccn(-c3ccccc3)n2)cc1. The van der Waals surface area contributed by atoms with E-state index in [-0.39, 0.29) is 16.8 Å². The van der Waals surface area contributed by atoms with Crippen LogP contribution >= 0.6 is 0 Å². The summed E-state index contributed by atoms with van der Waals surface area (Å²) >= 11 is 0. The molecule has 2 aromatic carbocycles. The lowest BCUT2D eigenvalue weighted by Gasteiger charge is -2.10. The fraction of sp³-hybridized carbons (Fsp3) is 0.238. The number of hydrogen-bond donors (Lipinski definition) is 2. The summed E-state index contributed by atoms with van der Waals surface area (Å²) in [6, 6.07) is 17.4. The molecule has 1 heterocycles. The molecule has 7 nitrogen and oxygen atoms in total. The van der Waals surface area contributed by atoms with Crippen molar-refractivity contribution in [2.45, 2.75) is 31.2 Å². The number of aromatic nitrogens is 2. The van der Waals surface area contributed by atoms with Gasteiger partial charge in [-0.1, -0.05) is 18.2 Å². The van der Waals surface area contributed by atoms with E-state index in [1.807, 2.05) is 42.6 Å². The molecule has 0 bridgehead atoms. The molecule has 0 saturated carbocycles. The van der Waals surface area contributed by atoms with Gasteiger partial charge in [-0.15, -0.1) is 0 Å². The Morgan fingerprint density at radius 2 is 1.72 bits per heavy atom. The van der Waals surface area contributed by atoms with Crippen LogP contribution < -0.4 is 10.0 Å². The van der Waals surface area contributed by atoms with Crippen LogP contribution in [0.1, 0.15) is 29.9 Å². The highest BCUT2D eigenvalue weighted by Gasteiger charge is 2.16. The van der Waals surface area contributed by atoms with Gasteiger partial charge < -0.3 is 5.32 Å². The summed E-state index contributed by atoms with van der Waals surface area (Å²) in [5.74, 6) is -0.256. The van der Waals surface area contributed by atoms with Crippen LogP contribution in [0.15, 0.2) is 71.8 Å². The Hall–Kier alpha value is -2.97. The maximum absolute atomic E-state index is 12.3. The highest BCUT2D eigenvalue weighted by Crippen LogP contribution is 2.11. The smallest absolute Gasteiger partial charge is 0.251 e. The van der Waals surface area contributed by atoms with Crippen molar-refractivity contribution in [3.8, 4) is 5.69 Å². The first-order valence-corrected chi connectivity index (χ1v) is 10.8. The zero-order chi connectivity index (χ0) is 20.9. The van der Waals surface area contributed by atoms with Crippen LogP contribution in [0.3, 0.4) is 0 Å². The second kappa shape index (κ2) is 9.02. The Morgan fingerprint density at radius 1 is 1.03 bits per heavy atom. The highest BCUT2D eigenvalue weighted by molar-refractivity contribution is 7.89. The maximum Gasteiger partial charge on any atom is 0.251 e. The summed E-state index contributed by atoms with van der Waals surface area (Å²) in [7, 11) is -3.57. The number of carbonyl (C=O) groups is 1. The van der Waals surface area contributed by atoms with Crippen LogP contribution in [-0.4, -0.2) is 36.7 Å². The van der Waals surface area contributed by atoms with Gasteiger partial charge in [0.05, 0.1) is 16.3 Å². The lowest BCUT2D eigenvalue weighted by molar-refractivity contribution is 0.0954. The van der Waals surface area contributed by atoms with E-state index < -0.39 is 10.0 Å². The van der Waals surface area contributed by atoms with Gasteiger partial charge in [0.15, 0.2) is 0 Å². The second-order valence-electron chi connectivity index (χ2n) is 6.89. The van der Waals surface area contributed by atoms with E-state index in [1.165, 1.54) is 24.3 Å². The standard InChI is InChI=1S/C21H24N4O3S/c1-16(2)24-29(27,28)20-10-8-17(9-11-20)21(26)22-14-12-18-13-15-25(23-18)19-6-4-3-5-7-19/h3-11,13,15-16,24H,12,14H2,1-2H3,(H,22,26). The minimum absolute atomic E-state index is 0.134. The molecule has 0 radical (unpaired) electrons. The van der Waals surface area contributed by atoms with E-state index >= 15 is 0 Å². The van der Waals surface area contributed by atoms with Crippen molar-refractivity contribution in [3.05, 3.63) is 78.1 Å². The van der Waals surface area contributed by atoms with Crippen molar-refractivity contribution < 1.29 is 13.2 Å². The Kier molecular flexibility index (Phi) is 6.46. The highest BCUT2D eigenvalue weighted by atomic mass is 32.2. The molecule has 29 heavy (non-hydrogen) atoms. The Balaban J connectivity index is 1.54. The molecule has 3 aromatic rings. The largest absolute Gasteiger partial charge is 0.352 e. The van der Waals surface area contributed by atoms with Gasteiger partial charge in [0.1, 0.15) is 0 Å². The first-order valence-electron chi connectivity index (χ1n) is 9.36. The first kappa shape index (κ1) is 20.8. The zero-order valence-corrected chi connectivity index (χ0v) is 17.2. The molecular weight excluding hydrogens is 388 g/mol. The number of rotatable bonds is 8. The van der Waals surface area contributed by atoms with Crippen LogP contribution in [0.25, 0.3) is 5.69 Å². The van der Waals surface area contributed by atoms with Crippen LogP contribution in [0, 0.1) is 0 Å². The molecule has 0 aliphatic heterocycles. The number of benzene rings is 2. The van der Waals surface area contributed by atoms with Gasteiger partial charge in [0.2, 0.25) is 10.0 Å². The van der Waals surface area contributed by atoms with Gasteiger partial charge >= 0.3 is 0 Å². The molecule has 0 unspecified atom stereocenters. The number of nitrogens with one attached hydrogen (secondary N) is 2. The molecule has 0 atom stereocenters. The molecule has 3 rings (SSSR count). The predicted octanol–water partition coefficient (Wildman–Crippen LogP) is 2.53. The molecule has 0 aliphatic rings. The van der Waals surface area contributed by atoms with E-state index in [0.717, 1.165) is 11.4 Å². The van der Waals surface area contributed by atoms with E-state index in [9.17, 15) is 13.2 Å². The minimum atomic E-state index is -3.57. The molecule has 0 aliphatic carbocycles. The lowest BCUT2D eigenvalue weighted by atomic mass is 10.2. The maximum atomic E-state index is 12.3. The molecule has 1 aromatic heterocycles. The summed E-state index contributed by atoms with van der Waals surface area (Å²) in [4.78, 5) is 12.4. The van der Waals surface area contributed by atoms with Gasteiger partial charge in [0, 0.05) is 30.8 Å². The van der Waals surface area contributed by atoms with Gasteiger partial charge in [-0.2, -0.15) is 5.10 Å². The average molecular weight is 413 g/mol. The number of nitrogens with zero attached hydrogens (tertiary/aromatic N) is 2. The molecule has 1 amide bonds. The number of para-hydroxylation sites is 1. The number of sulfonamides is 1. The number of carbonyl (C=O) groups excluding carboxylic acids is 1. The van der Waals surface area contributed by atoms with E-state index in [4.69, 9.17) is 0 Å². The third kappa shape index (κ3) is 5.52. The van der Waals surface area contributed by atoms with Gasteiger partial charge in [0.25, 0.3) is 5.91 Å². The van der Waals surface area contributed by atoms with Gasteiger partial charge in [-0.25, -0.2) is 17.8 Å². The fourth-order valence-corrected chi connectivity index (χ4v) is 4.04. The zero-order valence-electron chi connectivity index (χ0n) is 16.4. The van der Waals surface area contributed by atoms with Crippen LogP contribution in [0.4, 0.5) is 0 Å². The van der Waals surface area contributed by atoms with Crippen molar-refractivity contribution in [1.29, 1.82) is 0 Å². The van der Waals surface area contributed by atoms with E-state index in [1.54, 1.807) is 18.5 Å². The van der Waals surface area contributed by atoms with Crippen molar-refractivity contribution in [1.82, 2.24) is 19.8 Å². The summed E-state index contributed by atoms with van der Waals surface area (Å²) in [5.41, 5.74) is 2.25. The summed E-state index contributed by atoms with van der Waals surface area (Å²) < 4.78 is 28.6. The third-order valence-corrected chi connectivity index (χ3v) is 5.82. The molecule has 0 fully saturated rings. The first-order chi connectivity index (χ1) is 13.8. The second-order valence-corrected chi connectivity index (χ2v) is 8.61. The Morgan fingerprint density at radius 3 is 2.38 bits per heavy atom. The molecule has 152 valence electrons. The molecule has 0 saturated heterocycles. The van der Waals surface area contributed by atoms with Crippen LogP contribution in [0.5, 0.6) is 0 Å². The van der Waals surface area contributed by atoms with Crippen LogP contribution in [-0.2, 0) is 16.4 Å². The molecular formula is C21H24N4O3S. The third-order valence-electron chi connectivity index (χ3n) is 4.15. The lowest BCUT2D eigenvalue weighted by Crippen LogP contribution is -2.30. The fourth-order valence-electron chi connectivity index (χ4n) is 2.79. The van der Waals surface area contributed by atoms with E-state index in [2.05, 4.69) is 15.1 Å². The van der Waals surface area contributed by atoms with Crippen molar-refractivity contribution >= 4 is 15.9 Å². The minimum Gasteiger partial charge on any atom is -0.352 e. The van der Waals surface area contributed by atoms with Crippen molar-refractivity contribution in [2.24, 2.45) is 0 Å². The Bertz CT molecular complexity index is 1060. The van der Waals surface area contributed by atoms with Gasteiger partial charge in [-0.05, 0) is 56.3 Å². The molecule has 8 heteroatoms. The predicted molar refractivity (Wildman–Crippen MR) is 112 cm³/mol. The number of hydrogen-bond acceptors (Lipinski definition) is 4. The topological polar surface area (TPSA) is 93.1 Å². The normalized spacial score (nSPS) is 11.6. The molecule has 0 spiro atoms. The summed E-state index contributed by atoms with van der Waals surface area (Å²) in [5, 5.41) is 7.34. The van der Waals surface area contributed by atoms with Crippen molar-refractivity contribution in [2.75, 3.05) is 6.54 Å². The average Bonchev–Trinajstić information content (AvgIpc) is 3.17. The Labute approximate surface area is 170 Å². The van der Waals surface area contributed by atoms with E-state index in [0.29, 0.717) is 18.5 Å².